The fourth-order valence-electron chi connectivity index (χ4n) is 2.87. The van der Waals surface area contributed by atoms with Crippen LogP contribution in [0.2, 0.25) is 0 Å². The van der Waals surface area contributed by atoms with E-state index < -0.39 is 5.97 Å². The van der Waals surface area contributed by atoms with Gasteiger partial charge in [-0.05, 0) is 24.1 Å². The Balaban J connectivity index is 1.56. The first-order chi connectivity index (χ1) is 14.1. The third-order valence-electron chi connectivity index (χ3n) is 4.73. The van der Waals surface area contributed by atoms with Gasteiger partial charge in [0.15, 0.2) is 6.61 Å². The summed E-state index contributed by atoms with van der Waals surface area (Å²) in [5, 5.41) is 0. The number of amides is 1. The predicted octanol–water partition coefficient (Wildman–Crippen LogP) is 4.40. The highest BCUT2D eigenvalue weighted by Gasteiger charge is 2.20. The summed E-state index contributed by atoms with van der Waals surface area (Å²) < 4.78 is 6.39. The van der Waals surface area contributed by atoms with Gasteiger partial charge in [0.2, 0.25) is 0 Å². The minimum atomic E-state index is -0.476. The zero-order chi connectivity index (χ0) is 20.6. The Kier molecular flexibility index (Phi) is 7.77. The average molecular weight is 429 g/mol. The molecule has 7 heteroatoms. The molecule has 1 amide bonds. The van der Waals surface area contributed by atoms with Crippen molar-refractivity contribution in [3.05, 3.63) is 71.3 Å². The number of likely N-dealkylation sites (N-methyl/N-ethyl adjacent to an activating group) is 1. The number of hydrogen-bond acceptors (Lipinski definition) is 6. The number of benzene rings is 2. The number of nitrogens with zero attached hydrogens (tertiary/aromatic N) is 2. The van der Waals surface area contributed by atoms with Crippen LogP contribution in [0, 0.1) is 0 Å². The quantitative estimate of drug-likeness (QED) is 0.612. The molecule has 1 aliphatic heterocycles. The molecule has 0 saturated carbocycles. The molecule has 5 nitrogen and oxygen atoms in total. The molecule has 1 unspecified atom stereocenters. The maximum atomic E-state index is 12.6. The third-order valence-corrected chi connectivity index (χ3v) is 7.03. The van der Waals surface area contributed by atoms with E-state index in [1.807, 2.05) is 49.4 Å². The van der Waals surface area contributed by atoms with Crippen molar-refractivity contribution in [1.82, 2.24) is 4.90 Å². The van der Waals surface area contributed by atoms with Gasteiger partial charge in [-0.1, -0.05) is 72.1 Å². The van der Waals surface area contributed by atoms with Gasteiger partial charge < -0.3 is 9.64 Å². The Morgan fingerprint density at radius 1 is 1.17 bits per heavy atom. The van der Waals surface area contributed by atoms with E-state index in [0.29, 0.717) is 11.3 Å². The molecule has 0 spiro atoms. The van der Waals surface area contributed by atoms with E-state index in [9.17, 15) is 9.59 Å². The first-order valence-corrected chi connectivity index (χ1v) is 11.4. The second kappa shape index (κ2) is 10.5. The van der Waals surface area contributed by atoms with Crippen molar-refractivity contribution < 1.29 is 14.3 Å². The van der Waals surface area contributed by atoms with Crippen molar-refractivity contribution in [1.29, 1.82) is 0 Å². The summed E-state index contributed by atoms with van der Waals surface area (Å²) in [5.74, 6) is 0.952. The van der Waals surface area contributed by atoms with E-state index in [0.717, 1.165) is 27.8 Å². The molecule has 29 heavy (non-hydrogen) atoms. The molecule has 1 aliphatic rings. The summed E-state index contributed by atoms with van der Waals surface area (Å²) >= 11 is 3.37. The van der Waals surface area contributed by atoms with Crippen LogP contribution in [0.4, 0.5) is 0 Å². The molecule has 0 aliphatic carbocycles. The van der Waals surface area contributed by atoms with Crippen LogP contribution in [0.1, 0.15) is 34.5 Å². The van der Waals surface area contributed by atoms with Gasteiger partial charge in [0.05, 0.1) is 18.2 Å². The molecule has 1 atom stereocenters. The standard InChI is InChI=1S/C22H24N2O3S2/c1-16(17-8-4-3-5-9-17)24(2)20(25)14-27-21(26)19-11-7-6-10-18(19)15-29-22-23-12-13-28-22/h3-11,16H,12-15H2,1-2H3. The Hall–Kier alpha value is -2.25. The SMILES string of the molecule is CC(c1ccccc1)N(C)C(=O)COC(=O)c1ccccc1CSC1=NCCS1. The van der Waals surface area contributed by atoms with Crippen LogP contribution < -0.4 is 0 Å². The van der Waals surface area contributed by atoms with E-state index in [2.05, 4.69) is 4.99 Å². The summed E-state index contributed by atoms with van der Waals surface area (Å²) in [4.78, 5) is 31.1. The Labute approximate surface area is 179 Å². The monoisotopic (exact) mass is 428 g/mol. The minimum Gasteiger partial charge on any atom is -0.452 e. The van der Waals surface area contributed by atoms with Crippen LogP contribution in [-0.4, -0.2) is 47.1 Å². The van der Waals surface area contributed by atoms with Gasteiger partial charge in [0, 0.05) is 18.6 Å². The Bertz CT molecular complexity index is 887. The first kappa shape index (κ1) is 21.5. The topological polar surface area (TPSA) is 59.0 Å². The first-order valence-electron chi connectivity index (χ1n) is 9.42. The third kappa shape index (κ3) is 5.87. The fraction of sp³-hybridized carbons (Fsp3) is 0.318. The summed E-state index contributed by atoms with van der Waals surface area (Å²) in [6.45, 7) is 2.52. The largest absolute Gasteiger partial charge is 0.452 e. The van der Waals surface area contributed by atoms with Gasteiger partial charge >= 0.3 is 5.97 Å². The van der Waals surface area contributed by atoms with Crippen LogP contribution in [0.3, 0.4) is 0 Å². The van der Waals surface area contributed by atoms with E-state index in [4.69, 9.17) is 4.74 Å². The van der Waals surface area contributed by atoms with Crippen molar-refractivity contribution in [2.45, 2.75) is 18.7 Å². The maximum Gasteiger partial charge on any atom is 0.338 e. The predicted molar refractivity (Wildman–Crippen MR) is 120 cm³/mol. The molecule has 152 valence electrons. The van der Waals surface area contributed by atoms with Crippen LogP contribution in [0.5, 0.6) is 0 Å². The van der Waals surface area contributed by atoms with Crippen molar-refractivity contribution in [2.24, 2.45) is 4.99 Å². The number of aliphatic imine (C=N–C) groups is 1. The molecule has 2 aromatic carbocycles. The maximum absolute atomic E-state index is 12.6. The lowest BCUT2D eigenvalue weighted by Gasteiger charge is -2.25. The molecule has 0 radical (unpaired) electrons. The number of thioether (sulfide) groups is 2. The highest BCUT2D eigenvalue weighted by atomic mass is 32.2. The number of esters is 1. The molecule has 2 aromatic rings. The smallest absolute Gasteiger partial charge is 0.338 e. The molecule has 0 N–H and O–H groups in total. The summed E-state index contributed by atoms with van der Waals surface area (Å²) in [6.07, 6.45) is 0. The van der Waals surface area contributed by atoms with Gasteiger partial charge in [-0.2, -0.15) is 0 Å². The van der Waals surface area contributed by atoms with Crippen LogP contribution in [0.15, 0.2) is 59.6 Å². The van der Waals surface area contributed by atoms with Gasteiger partial charge in [0.1, 0.15) is 4.38 Å². The summed E-state index contributed by atoms with van der Waals surface area (Å²) in [6, 6.07) is 17.0. The van der Waals surface area contributed by atoms with Gasteiger partial charge in [0.25, 0.3) is 5.91 Å². The zero-order valence-corrected chi connectivity index (χ0v) is 18.2. The molecular formula is C22H24N2O3S2. The molecule has 3 rings (SSSR count). The molecule has 0 saturated heterocycles. The molecule has 0 bridgehead atoms. The van der Waals surface area contributed by atoms with Crippen molar-refractivity contribution in [2.75, 3.05) is 26.0 Å². The molecule has 0 fully saturated rings. The van der Waals surface area contributed by atoms with E-state index in [1.54, 1.807) is 47.6 Å². The van der Waals surface area contributed by atoms with Crippen LogP contribution in [0.25, 0.3) is 0 Å². The second-order valence-electron chi connectivity index (χ2n) is 6.61. The Morgan fingerprint density at radius 2 is 1.90 bits per heavy atom. The summed E-state index contributed by atoms with van der Waals surface area (Å²) in [5.41, 5.74) is 2.41. The molecular weight excluding hydrogens is 404 g/mol. The molecule has 0 aromatic heterocycles. The van der Waals surface area contributed by atoms with Crippen LogP contribution >= 0.6 is 23.5 Å². The summed E-state index contributed by atoms with van der Waals surface area (Å²) in [7, 11) is 1.72. The van der Waals surface area contributed by atoms with Crippen LogP contribution in [-0.2, 0) is 15.3 Å². The number of ether oxygens (including phenoxy) is 1. The average Bonchev–Trinajstić information content (AvgIpc) is 3.29. The minimum absolute atomic E-state index is 0.101. The van der Waals surface area contributed by atoms with Crippen molar-refractivity contribution in [3.63, 3.8) is 0 Å². The number of carbonyl (C=O) groups is 2. The second-order valence-corrected chi connectivity index (χ2v) is 8.92. The lowest BCUT2D eigenvalue weighted by molar-refractivity contribution is -0.135. The molecule has 1 heterocycles. The van der Waals surface area contributed by atoms with E-state index >= 15 is 0 Å². The number of rotatable bonds is 7. The van der Waals surface area contributed by atoms with Gasteiger partial charge in [-0.25, -0.2) is 4.79 Å². The highest BCUT2D eigenvalue weighted by Crippen LogP contribution is 2.26. The van der Waals surface area contributed by atoms with Crippen molar-refractivity contribution >= 4 is 39.8 Å². The zero-order valence-electron chi connectivity index (χ0n) is 16.5. The number of carbonyl (C=O) groups excluding carboxylic acids is 2. The lowest BCUT2D eigenvalue weighted by Crippen LogP contribution is -2.33. The highest BCUT2D eigenvalue weighted by molar-refractivity contribution is 8.38. The normalized spacial score (nSPS) is 14.2. The van der Waals surface area contributed by atoms with Gasteiger partial charge in [-0.3, -0.25) is 9.79 Å². The van der Waals surface area contributed by atoms with Gasteiger partial charge in [-0.15, -0.1) is 0 Å². The fourth-order valence-corrected chi connectivity index (χ4v) is 4.88. The van der Waals surface area contributed by atoms with E-state index in [1.165, 1.54) is 0 Å². The van der Waals surface area contributed by atoms with E-state index in [-0.39, 0.29) is 18.6 Å². The Morgan fingerprint density at radius 3 is 2.62 bits per heavy atom. The number of hydrogen-bond donors (Lipinski definition) is 0. The lowest BCUT2D eigenvalue weighted by atomic mass is 10.1. The van der Waals surface area contributed by atoms with Crippen molar-refractivity contribution in [3.8, 4) is 0 Å².